The number of esters is 1. The van der Waals surface area contributed by atoms with Crippen molar-refractivity contribution in [2.24, 2.45) is 0 Å². The topological polar surface area (TPSA) is 83.8 Å². The van der Waals surface area contributed by atoms with Crippen molar-refractivity contribution in [1.82, 2.24) is 0 Å². The van der Waals surface area contributed by atoms with Crippen LogP contribution in [0.5, 0.6) is 0 Å². The molecule has 0 aliphatic heterocycles. The van der Waals surface area contributed by atoms with E-state index in [1.807, 2.05) is 6.92 Å². The second kappa shape index (κ2) is 8.58. The van der Waals surface area contributed by atoms with Crippen LogP contribution in [0, 0.1) is 0 Å². The number of hydrogen-bond acceptors (Lipinski definition) is 3. The molecule has 5 nitrogen and oxygen atoms in total. The van der Waals surface area contributed by atoms with Crippen LogP contribution in [0.25, 0.3) is 0 Å². The predicted octanol–water partition coefficient (Wildman–Crippen LogP) is 1.74. The van der Waals surface area contributed by atoms with Crippen LogP contribution in [0.2, 0.25) is 0 Å². The van der Waals surface area contributed by atoms with Crippen LogP contribution in [0.15, 0.2) is 12.2 Å². The van der Waals surface area contributed by atoms with Crippen molar-refractivity contribution in [2.45, 2.75) is 20.3 Å². The highest BCUT2D eigenvalue weighted by Crippen LogP contribution is 1.91. The number of carbonyl (C=O) groups is 2. The number of carbonyl (C=O) groups excluding carboxylic acids is 1. The molecule has 0 amide bonds. The summed E-state index contributed by atoms with van der Waals surface area (Å²) in [5.41, 5.74) is 0.462. The Labute approximate surface area is 76.6 Å². The summed E-state index contributed by atoms with van der Waals surface area (Å²) in [7, 11) is 0. The molecule has 0 aromatic heterocycles. The maximum Gasteiger partial charge on any atom is 0.503 e. The molecule has 2 N–H and O–H groups in total. The highest BCUT2D eigenvalue weighted by atomic mass is 16.6. The first kappa shape index (κ1) is 14.0. The molecule has 0 atom stereocenters. The van der Waals surface area contributed by atoms with Crippen LogP contribution in [0.3, 0.4) is 0 Å². The third-order valence-electron chi connectivity index (χ3n) is 0.786. The van der Waals surface area contributed by atoms with Crippen molar-refractivity contribution in [1.29, 1.82) is 0 Å². The van der Waals surface area contributed by atoms with E-state index in [-0.39, 0.29) is 5.97 Å². The van der Waals surface area contributed by atoms with Crippen LogP contribution in [0.4, 0.5) is 4.79 Å². The lowest BCUT2D eigenvalue weighted by molar-refractivity contribution is -0.138. The van der Waals surface area contributed by atoms with E-state index in [9.17, 15) is 4.79 Å². The van der Waals surface area contributed by atoms with E-state index in [0.29, 0.717) is 12.2 Å². The zero-order chi connectivity index (χ0) is 10.9. The van der Waals surface area contributed by atoms with Gasteiger partial charge in [-0.3, -0.25) is 0 Å². The minimum absolute atomic E-state index is 0.295. The van der Waals surface area contributed by atoms with Crippen molar-refractivity contribution in [3.63, 3.8) is 0 Å². The summed E-state index contributed by atoms with van der Waals surface area (Å²) in [6, 6.07) is 0. The highest BCUT2D eigenvalue weighted by molar-refractivity contribution is 5.86. The summed E-state index contributed by atoms with van der Waals surface area (Å²) in [5.74, 6) is -0.295. The lowest BCUT2D eigenvalue weighted by Crippen LogP contribution is -2.04. The second-order valence-electron chi connectivity index (χ2n) is 2.20. The Bertz CT molecular complexity index is 181. The quantitative estimate of drug-likeness (QED) is 0.523. The van der Waals surface area contributed by atoms with E-state index in [0.717, 1.165) is 6.42 Å². The van der Waals surface area contributed by atoms with Gasteiger partial charge < -0.3 is 14.9 Å². The normalized spacial score (nSPS) is 7.85. The molecule has 0 saturated carbocycles. The lowest BCUT2D eigenvalue weighted by atomic mass is 10.4. The SMILES string of the molecule is C=C(C)C(=O)OCCC.O=C(O)O. The molecule has 0 rings (SSSR count). The van der Waals surface area contributed by atoms with Crippen LogP contribution >= 0.6 is 0 Å². The van der Waals surface area contributed by atoms with Crippen LogP contribution in [-0.4, -0.2) is 28.9 Å². The minimum Gasteiger partial charge on any atom is -0.462 e. The van der Waals surface area contributed by atoms with Gasteiger partial charge in [0.1, 0.15) is 0 Å². The van der Waals surface area contributed by atoms with Crippen molar-refractivity contribution in [3.05, 3.63) is 12.2 Å². The summed E-state index contributed by atoms with van der Waals surface area (Å²) in [4.78, 5) is 19.1. The maximum absolute atomic E-state index is 10.6. The molecule has 0 aliphatic carbocycles. The Hall–Kier alpha value is -1.52. The summed E-state index contributed by atoms with van der Waals surface area (Å²) in [5, 5.41) is 13.9. The first-order valence-corrected chi connectivity index (χ1v) is 3.66. The highest BCUT2D eigenvalue weighted by Gasteiger charge is 1.99. The fourth-order valence-corrected chi connectivity index (χ4v) is 0.318. The number of ether oxygens (including phenoxy) is 1. The van der Waals surface area contributed by atoms with E-state index in [4.69, 9.17) is 19.7 Å². The van der Waals surface area contributed by atoms with E-state index >= 15 is 0 Å². The average Bonchev–Trinajstić information content (AvgIpc) is 1.98. The average molecular weight is 190 g/mol. The van der Waals surface area contributed by atoms with E-state index in [2.05, 4.69) is 6.58 Å². The molecule has 0 heterocycles. The molecule has 0 unspecified atom stereocenters. The molecular formula is C8H14O5. The third-order valence-corrected chi connectivity index (χ3v) is 0.786. The van der Waals surface area contributed by atoms with Gasteiger partial charge in [-0.15, -0.1) is 0 Å². The van der Waals surface area contributed by atoms with Gasteiger partial charge in [0.25, 0.3) is 0 Å². The zero-order valence-corrected chi connectivity index (χ0v) is 7.74. The van der Waals surface area contributed by atoms with Crippen molar-refractivity contribution >= 4 is 12.1 Å². The van der Waals surface area contributed by atoms with Crippen LogP contribution in [-0.2, 0) is 9.53 Å². The first-order valence-electron chi connectivity index (χ1n) is 3.66. The molecule has 0 fully saturated rings. The molecule has 13 heavy (non-hydrogen) atoms. The van der Waals surface area contributed by atoms with Gasteiger partial charge in [-0.2, -0.15) is 0 Å². The summed E-state index contributed by atoms with van der Waals surface area (Å²) >= 11 is 0. The Balaban J connectivity index is 0. The van der Waals surface area contributed by atoms with Gasteiger partial charge in [-0.05, 0) is 13.3 Å². The molecule has 5 heteroatoms. The molecule has 0 aromatic carbocycles. The van der Waals surface area contributed by atoms with Gasteiger partial charge in [-0.25, -0.2) is 9.59 Å². The summed E-state index contributed by atoms with van der Waals surface area (Å²) in [6.45, 7) is 7.51. The van der Waals surface area contributed by atoms with Gasteiger partial charge in [0.15, 0.2) is 0 Å². The van der Waals surface area contributed by atoms with Crippen molar-refractivity contribution in [2.75, 3.05) is 6.61 Å². The Morgan fingerprint density at radius 2 is 1.77 bits per heavy atom. The molecule has 0 spiro atoms. The smallest absolute Gasteiger partial charge is 0.462 e. The van der Waals surface area contributed by atoms with Crippen molar-refractivity contribution < 1.29 is 24.5 Å². The van der Waals surface area contributed by atoms with Gasteiger partial charge in [0.05, 0.1) is 6.61 Å². The zero-order valence-electron chi connectivity index (χ0n) is 7.74. The van der Waals surface area contributed by atoms with Crippen molar-refractivity contribution in [3.8, 4) is 0 Å². The number of hydrogen-bond donors (Lipinski definition) is 2. The largest absolute Gasteiger partial charge is 0.503 e. The fourth-order valence-electron chi connectivity index (χ4n) is 0.318. The van der Waals surface area contributed by atoms with Crippen LogP contribution in [0.1, 0.15) is 20.3 Å². The molecule has 0 saturated heterocycles. The second-order valence-corrected chi connectivity index (χ2v) is 2.20. The molecule has 0 radical (unpaired) electrons. The molecular weight excluding hydrogens is 176 g/mol. The maximum atomic E-state index is 10.6. The Morgan fingerprint density at radius 1 is 1.38 bits per heavy atom. The number of rotatable bonds is 3. The lowest BCUT2D eigenvalue weighted by Gasteiger charge is -1.99. The fraction of sp³-hybridized carbons (Fsp3) is 0.500. The predicted molar refractivity (Wildman–Crippen MR) is 46.7 cm³/mol. The molecule has 0 aliphatic rings. The first-order chi connectivity index (χ1) is 5.91. The third kappa shape index (κ3) is 17.9. The summed E-state index contributed by atoms with van der Waals surface area (Å²) in [6.07, 6.45) is -0.973. The van der Waals surface area contributed by atoms with E-state index in [1.54, 1.807) is 6.92 Å². The Morgan fingerprint density at radius 3 is 2.00 bits per heavy atom. The van der Waals surface area contributed by atoms with Gasteiger partial charge in [0, 0.05) is 5.57 Å². The monoisotopic (exact) mass is 190 g/mol. The van der Waals surface area contributed by atoms with Gasteiger partial charge in [0.2, 0.25) is 0 Å². The minimum atomic E-state index is -1.83. The van der Waals surface area contributed by atoms with Crippen LogP contribution < -0.4 is 0 Å². The van der Waals surface area contributed by atoms with Gasteiger partial charge in [-0.1, -0.05) is 13.5 Å². The standard InChI is InChI=1S/C7H12O2.CH2O3/c1-4-5-9-7(8)6(2)3;2-1(3)4/h2,4-5H2,1,3H3;(H2,2,3,4). The van der Waals surface area contributed by atoms with Gasteiger partial charge >= 0.3 is 12.1 Å². The molecule has 0 aromatic rings. The summed E-state index contributed by atoms with van der Waals surface area (Å²) < 4.78 is 4.71. The Kier molecular flexibility index (Phi) is 9.25. The number of carboxylic acid groups (broad SMARTS) is 2. The van der Waals surface area contributed by atoms with E-state index in [1.165, 1.54) is 0 Å². The van der Waals surface area contributed by atoms with E-state index < -0.39 is 6.16 Å². The molecule has 76 valence electrons. The molecule has 0 bridgehead atoms.